The number of benzene rings is 3. The lowest BCUT2D eigenvalue weighted by molar-refractivity contribution is -0.132. The number of Topliss-reactive ketones (excluding diaryl/α,β-unsaturated/α-hetero) is 1. The lowest BCUT2D eigenvalue weighted by Crippen LogP contribution is -2.29. The molecule has 3 aromatic carbocycles. The van der Waals surface area contributed by atoms with Crippen molar-refractivity contribution in [2.24, 2.45) is 0 Å². The Labute approximate surface area is 234 Å². The Morgan fingerprint density at radius 1 is 1.00 bits per heavy atom. The summed E-state index contributed by atoms with van der Waals surface area (Å²) >= 11 is 7.29. The fourth-order valence-corrected chi connectivity index (χ4v) is 5.64. The first-order valence-corrected chi connectivity index (χ1v) is 13.5. The fraction of sp³-hybridized carbons (Fsp3) is 0.207. The van der Waals surface area contributed by atoms with Gasteiger partial charge in [0, 0.05) is 10.6 Å². The molecule has 0 saturated carbocycles. The van der Waals surface area contributed by atoms with E-state index in [1.807, 2.05) is 19.9 Å². The molecule has 0 aliphatic carbocycles. The molecule has 0 spiro atoms. The average molecular weight is 565 g/mol. The fourth-order valence-electron chi connectivity index (χ4n) is 4.49. The van der Waals surface area contributed by atoms with Gasteiger partial charge < -0.3 is 19.3 Å². The van der Waals surface area contributed by atoms with Crippen LogP contribution in [0.15, 0.2) is 66.2 Å². The van der Waals surface area contributed by atoms with Gasteiger partial charge in [-0.05, 0) is 74.0 Å². The van der Waals surface area contributed by atoms with E-state index in [1.165, 1.54) is 23.3 Å². The monoisotopic (exact) mass is 564 g/mol. The number of thiazole rings is 1. The Balaban J connectivity index is 1.71. The molecule has 5 rings (SSSR count). The standard InChI is InChI=1S/C29H25ClN2O6S/c1-4-37-19-11-12-20-23(15-19)39-29(31-20)32-25(17-8-13-21(38-5-2)22(14-17)36-3)24(27(34)28(32)35)26(33)16-6-9-18(30)10-7-16/h6-15,25,33H,4-5H2,1-3H3/b26-24+. The van der Waals surface area contributed by atoms with Gasteiger partial charge in [0.2, 0.25) is 0 Å². The number of anilines is 1. The highest BCUT2D eigenvalue weighted by molar-refractivity contribution is 7.22. The van der Waals surface area contributed by atoms with Crippen LogP contribution < -0.4 is 19.1 Å². The number of hydrogen-bond donors (Lipinski definition) is 1. The summed E-state index contributed by atoms with van der Waals surface area (Å²) in [5.41, 5.74) is 1.48. The summed E-state index contributed by atoms with van der Waals surface area (Å²) in [6.07, 6.45) is 0. The molecular weight excluding hydrogens is 540 g/mol. The minimum Gasteiger partial charge on any atom is -0.507 e. The Hall–Kier alpha value is -4.08. The Bertz CT molecular complexity index is 1600. The third-order valence-corrected chi connectivity index (χ3v) is 7.50. The first-order chi connectivity index (χ1) is 18.9. The normalized spacial score (nSPS) is 16.6. The van der Waals surface area contributed by atoms with Gasteiger partial charge in [0.25, 0.3) is 5.78 Å². The number of methoxy groups -OCH3 is 1. The van der Waals surface area contributed by atoms with Gasteiger partial charge in [0.15, 0.2) is 16.6 Å². The molecule has 1 unspecified atom stereocenters. The van der Waals surface area contributed by atoms with Crippen molar-refractivity contribution in [1.82, 2.24) is 4.98 Å². The maximum atomic E-state index is 13.6. The summed E-state index contributed by atoms with van der Waals surface area (Å²) < 4.78 is 17.6. The van der Waals surface area contributed by atoms with Crippen LogP contribution in [0.5, 0.6) is 17.2 Å². The largest absolute Gasteiger partial charge is 0.507 e. The maximum absolute atomic E-state index is 13.6. The van der Waals surface area contributed by atoms with E-state index >= 15 is 0 Å². The van der Waals surface area contributed by atoms with E-state index in [0.717, 1.165) is 4.70 Å². The van der Waals surface area contributed by atoms with Crippen LogP contribution >= 0.6 is 22.9 Å². The van der Waals surface area contributed by atoms with Gasteiger partial charge in [-0.3, -0.25) is 14.5 Å². The summed E-state index contributed by atoms with van der Waals surface area (Å²) in [7, 11) is 1.51. The van der Waals surface area contributed by atoms with Gasteiger partial charge in [-0.2, -0.15) is 0 Å². The predicted octanol–water partition coefficient (Wildman–Crippen LogP) is 6.38. The van der Waals surface area contributed by atoms with Crippen molar-refractivity contribution in [2.45, 2.75) is 19.9 Å². The van der Waals surface area contributed by atoms with Crippen molar-refractivity contribution in [1.29, 1.82) is 0 Å². The zero-order chi connectivity index (χ0) is 27.7. The van der Waals surface area contributed by atoms with Crippen LogP contribution in [0.25, 0.3) is 16.0 Å². The number of halogens is 1. The molecule has 4 aromatic rings. The molecule has 1 atom stereocenters. The van der Waals surface area contributed by atoms with Crippen LogP contribution in [0.2, 0.25) is 5.02 Å². The molecule has 2 heterocycles. The Kier molecular flexibility index (Phi) is 7.45. The number of rotatable bonds is 8. The second-order valence-corrected chi connectivity index (χ2v) is 10.0. The van der Waals surface area contributed by atoms with Gasteiger partial charge in [0.05, 0.1) is 42.2 Å². The molecule has 1 fully saturated rings. The smallest absolute Gasteiger partial charge is 0.301 e. The van der Waals surface area contributed by atoms with E-state index in [2.05, 4.69) is 4.98 Å². The van der Waals surface area contributed by atoms with Crippen molar-refractivity contribution in [2.75, 3.05) is 25.2 Å². The van der Waals surface area contributed by atoms with Gasteiger partial charge in [-0.1, -0.05) is 29.0 Å². The number of amides is 1. The first-order valence-electron chi connectivity index (χ1n) is 12.3. The number of ether oxygens (including phenoxy) is 3. The van der Waals surface area contributed by atoms with Crippen molar-refractivity contribution >= 4 is 55.7 Å². The lowest BCUT2D eigenvalue weighted by Gasteiger charge is -2.24. The van der Waals surface area contributed by atoms with E-state index in [4.69, 9.17) is 25.8 Å². The molecule has 8 nitrogen and oxygen atoms in total. The van der Waals surface area contributed by atoms with E-state index < -0.39 is 17.7 Å². The number of carbonyl (C=O) groups is 2. The highest BCUT2D eigenvalue weighted by Crippen LogP contribution is 2.46. The second-order valence-electron chi connectivity index (χ2n) is 8.58. The molecule has 1 saturated heterocycles. The van der Waals surface area contributed by atoms with E-state index in [1.54, 1.807) is 54.6 Å². The number of hydrogen-bond acceptors (Lipinski definition) is 8. The minimum absolute atomic E-state index is 0.0669. The zero-order valence-electron chi connectivity index (χ0n) is 21.4. The highest BCUT2D eigenvalue weighted by atomic mass is 35.5. The number of fused-ring (bicyclic) bond motifs is 1. The predicted molar refractivity (Wildman–Crippen MR) is 151 cm³/mol. The van der Waals surface area contributed by atoms with E-state index in [0.29, 0.717) is 57.3 Å². The highest BCUT2D eigenvalue weighted by Gasteiger charge is 2.48. The quantitative estimate of drug-likeness (QED) is 0.150. The maximum Gasteiger partial charge on any atom is 0.301 e. The molecule has 1 amide bonds. The molecule has 0 radical (unpaired) electrons. The molecular formula is C29H25ClN2O6S. The lowest BCUT2D eigenvalue weighted by atomic mass is 9.95. The Morgan fingerprint density at radius 3 is 2.44 bits per heavy atom. The van der Waals surface area contributed by atoms with Crippen LogP contribution in [-0.4, -0.2) is 42.1 Å². The SMILES string of the molecule is CCOc1ccc2nc(N3C(=O)C(=O)/C(=C(/O)c4ccc(Cl)cc4)C3c3ccc(OCC)c(OC)c3)sc2c1. The van der Waals surface area contributed by atoms with Gasteiger partial charge >= 0.3 is 5.91 Å². The number of nitrogens with zero attached hydrogens (tertiary/aromatic N) is 2. The number of ketones is 1. The van der Waals surface area contributed by atoms with Gasteiger partial charge in [-0.15, -0.1) is 0 Å². The summed E-state index contributed by atoms with van der Waals surface area (Å²) in [5, 5.41) is 12.1. The van der Waals surface area contributed by atoms with Gasteiger partial charge in [0.1, 0.15) is 11.5 Å². The molecule has 1 N–H and O–H groups in total. The number of aliphatic hydroxyl groups is 1. The number of aliphatic hydroxyl groups excluding tert-OH is 1. The van der Waals surface area contributed by atoms with E-state index in [9.17, 15) is 14.7 Å². The third-order valence-electron chi connectivity index (χ3n) is 6.23. The first kappa shape index (κ1) is 26.5. The van der Waals surface area contributed by atoms with Crippen molar-refractivity contribution < 1.29 is 28.9 Å². The summed E-state index contributed by atoms with van der Waals surface area (Å²) in [6, 6.07) is 16.0. The summed E-state index contributed by atoms with van der Waals surface area (Å²) in [6.45, 7) is 4.70. The van der Waals surface area contributed by atoms with Crippen LogP contribution in [0.1, 0.15) is 31.0 Å². The third kappa shape index (κ3) is 4.91. The molecule has 10 heteroatoms. The average Bonchev–Trinajstić information content (AvgIpc) is 3.47. The molecule has 1 aliphatic heterocycles. The number of carbonyl (C=O) groups excluding carboxylic acids is 2. The second kappa shape index (κ2) is 11.0. The van der Waals surface area contributed by atoms with E-state index in [-0.39, 0.29) is 11.3 Å². The molecule has 1 aromatic heterocycles. The van der Waals surface area contributed by atoms with Crippen LogP contribution in [0.4, 0.5) is 5.13 Å². The molecule has 200 valence electrons. The topological polar surface area (TPSA) is 98.2 Å². The van der Waals surface area contributed by atoms with Gasteiger partial charge in [-0.25, -0.2) is 4.98 Å². The summed E-state index contributed by atoms with van der Waals surface area (Å²) in [5.74, 6) is -0.316. The van der Waals surface area contributed by atoms with Crippen LogP contribution in [-0.2, 0) is 9.59 Å². The van der Waals surface area contributed by atoms with Crippen LogP contribution in [0, 0.1) is 0 Å². The van der Waals surface area contributed by atoms with Crippen molar-refractivity contribution in [3.05, 3.63) is 82.4 Å². The number of aromatic nitrogens is 1. The molecule has 1 aliphatic rings. The Morgan fingerprint density at radius 2 is 1.74 bits per heavy atom. The van der Waals surface area contributed by atoms with Crippen molar-refractivity contribution in [3.63, 3.8) is 0 Å². The minimum atomic E-state index is -0.975. The zero-order valence-corrected chi connectivity index (χ0v) is 23.0. The molecule has 0 bridgehead atoms. The van der Waals surface area contributed by atoms with Crippen molar-refractivity contribution in [3.8, 4) is 17.2 Å². The molecule has 39 heavy (non-hydrogen) atoms. The summed E-state index contributed by atoms with van der Waals surface area (Å²) in [4.78, 5) is 33.0. The van der Waals surface area contributed by atoms with Crippen LogP contribution in [0.3, 0.4) is 0 Å².